The first-order chi connectivity index (χ1) is 17.9. The molecule has 0 aliphatic carbocycles. The maximum absolute atomic E-state index is 13.5. The van der Waals surface area contributed by atoms with Crippen LogP contribution in [0.5, 0.6) is 5.75 Å². The molecular formula is C31H32N2O5. The number of hydrogen-bond donors (Lipinski definition) is 2. The smallest absolute Gasteiger partial charge is 0.300 e. The SMILES string of the molecule is COc1ccc(C)cc1/C(O)=C1\C(=O)C(=O)N(c2ccc(NC(C)=O)cc2)C1c1ccc(C(C)(C)C)cc1. The normalized spacial score (nSPS) is 17.0. The van der Waals surface area contributed by atoms with Gasteiger partial charge >= 0.3 is 0 Å². The summed E-state index contributed by atoms with van der Waals surface area (Å²) in [5, 5.41) is 14.2. The quantitative estimate of drug-likeness (QED) is 0.253. The lowest BCUT2D eigenvalue weighted by molar-refractivity contribution is -0.132. The van der Waals surface area contributed by atoms with Crippen LogP contribution in [0.4, 0.5) is 11.4 Å². The highest BCUT2D eigenvalue weighted by atomic mass is 16.5. The van der Waals surface area contributed by atoms with E-state index in [1.165, 1.54) is 18.9 Å². The Hall–Kier alpha value is -4.39. The van der Waals surface area contributed by atoms with E-state index >= 15 is 0 Å². The number of ketones is 1. The number of rotatable bonds is 5. The Bertz CT molecular complexity index is 1430. The molecule has 1 atom stereocenters. The molecule has 2 amide bonds. The maximum Gasteiger partial charge on any atom is 0.300 e. The molecule has 196 valence electrons. The summed E-state index contributed by atoms with van der Waals surface area (Å²) < 4.78 is 5.46. The van der Waals surface area contributed by atoms with E-state index in [4.69, 9.17) is 4.74 Å². The molecule has 1 aliphatic heterocycles. The minimum atomic E-state index is -0.874. The average Bonchev–Trinajstić information content (AvgIpc) is 3.13. The molecule has 0 bridgehead atoms. The molecule has 3 aromatic carbocycles. The largest absolute Gasteiger partial charge is 0.507 e. The molecule has 1 saturated heterocycles. The Morgan fingerprint density at radius 3 is 2.16 bits per heavy atom. The second-order valence-electron chi connectivity index (χ2n) is 10.5. The molecule has 3 aromatic rings. The fourth-order valence-electron chi connectivity index (χ4n) is 4.64. The van der Waals surface area contributed by atoms with Crippen molar-refractivity contribution in [3.63, 3.8) is 0 Å². The summed E-state index contributed by atoms with van der Waals surface area (Å²) in [6.45, 7) is 9.60. The van der Waals surface area contributed by atoms with E-state index in [0.717, 1.165) is 11.1 Å². The second kappa shape index (κ2) is 10.2. The van der Waals surface area contributed by atoms with Crippen LogP contribution < -0.4 is 15.0 Å². The highest BCUT2D eigenvalue weighted by molar-refractivity contribution is 6.51. The predicted molar refractivity (Wildman–Crippen MR) is 148 cm³/mol. The molecule has 1 fully saturated rings. The number of amides is 2. The molecule has 0 saturated carbocycles. The van der Waals surface area contributed by atoms with Crippen LogP contribution in [-0.4, -0.2) is 29.8 Å². The zero-order chi connectivity index (χ0) is 27.8. The number of anilines is 2. The van der Waals surface area contributed by atoms with E-state index in [2.05, 4.69) is 26.1 Å². The molecular weight excluding hydrogens is 480 g/mol. The Kier molecular flexibility index (Phi) is 7.14. The van der Waals surface area contributed by atoms with Gasteiger partial charge in [0.1, 0.15) is 11.5 Å². The number of carbonyl (C=O) groups excluding carboxylic acids is 3. The Morgan fingerprint density at radius 1 is 0.974 bits per heavy atom. The van der Waals surface area contributed by atoms with E-state index in [9.17, 15) is 19.5 Å². The zero-order valence-corrected chi connectivity index (χ0v) is 22.5. The van der Waals surface area contributed by atoms with Crippen molar-refractivity contribution in [2.75, 3.05) is 17.3 Å². The van der Waals surface area contributed by atoms with Crippen LogP contribution in [0.25, 0.3) is 5.76 Å². The van der Waals surface area contributed by atoms with Crippen molar-refractivity contribution in [3.8, 4) is 5.75 Å². The first-order valence-electron chi connectivity index (χ1n) is 12.4. The van der Waals surface area contributed by atoms with E-state index in [1.807, 2.05) is 37.3 Å². The monoisotopic (exact) mass is 512 g/mol. The molecule has 0 aromatic heterocycles. The molecule has 0 radical (unpaired) electrons. The van der Waals surface area contributed by atoms with Crippen molar-refractivity contribution in [1.82, 2.24) is 0 Å². The van der Waals surface area contributed by atoms with E-state index in [1.54, 1.807) is 36.4 Å². The number of aliphatic hydroxyl groups excluding tert-OH is 1. The molecule has 1 aliphatic rings. The fraction of sp³-hybridized carbons (Fsp3) is 0.258. The van der Waals surface area contributed by atoms with Gasteiger partial charge in [-0.3, -0.25) is 19.3 Å². The molecule has 38 heavy (non-hydrogen) atoms. The number of nitrogens with zero attached hydrogens (tertiary/aromatic N) is 1. The van der Waals surface area contributed by atoms with Crippen LogP contribution >= 0.6 is 0 Å². The van der Waals surface area contributed by atoms with Crippen molar-refractivity contribution in [2.45, 2.75) is 46.1 Å². The van der Waals surface area contributed by atoms with Crippen molar-refractivity contribution in [3.05, 3.63) is 94.6 Å². The van der Waals surface area contributed by atoms with Crippen LogP contribution in [0.2, 0.25) is 0 Å². The lowest BCUT2D eigenvalue weighted by Crippen LogP contribution is -2.29. The van der Waals surface area contributed by atoms with Gasteiger partial charge in [-0.05, 0) is 59.9 Å². The van der Waals surface area contributed by atoms with Gasteiger partial charge in [0.15, 0.2) is 0 Å². The molecule has 1 heterocycles. The summed E-state index contributed by atoms with van der Waals surface area (Å²) in [7, 11) is 1.49. The third kappa shape index (κ3) is 5.05. The molecule has 7 nitrogen and oxygen atoms in total. The lowest BCUT2D eigenvalue weighted by Gasteiger charge is -2.27. The van der Waals surface area contributed by atoms with Gasteiger partial charge in [0, 0.05) is 18.3 Å². The van der Waals surface area contributed by atoms with Gasteiger partial charge in [-0.25, -0.2) is 0 Å². The summed E-state index contributed by atoms with van der Waals surface area (Å²) >= 11 is 0. The number of aryl methyl sites for hydroxylation is 1. The summed E-state index contributed by atoms with van der Waals surface area (Å²) in [6, 6.07) is 18.8. The summed E-state index contributed by atoms with van der Waals surface area (Å²) in [5.74, 6) is -1.67. The highest BCUT2D eigenvalue weighted by Gasteiger charge is 2.47. The number of benzene rings is 3. The topological polar surface area (TPSA) is 95.9 Å². The third-order valence-corrected chi connectivity index (χ3v) is 6.61. The molecule has 2 N–H and O–H groups in total. The first kappa shape index (κ1) is 26.7. The molecule has 0 spiro atoms. The van der Waals surface area contributed by atoms with Gasteiger partial charge < -0.3 is 15.2 Å². The number of hydrogen-bond acceptors (Lipinski definition) is 5. The highest BCUT2D eigenvalue weighted by Crippen LogP contribution is 2.44. The van der Waals surface area contributed by atoms with Crippen LogP contribution in [0.15, 0.2) is 72.3 Å². The second-order valence-corrected chi connectivity index (χ2v) is 10.5. The number of methoxy groups -OCH3 is 1. The van der Waals surface area contributed by atoms with Crippen LogP contribution in [0.3, 0.4) is 0 Å². The van der Waals surface area contributed by atoms with Crippen LogP contribution in [0, 0.1) is 6.92 Å². The first-order valence-corrected chi connectivity index (χ1v) is 12.4. The number of nitrogens with one attached hydrogen (secondary N) is 1. The van der Waals surface area contributed by atoms with Crippen LogP contribution in [0.1, 0.15) is 56.0 Å². The summed E-state index contributed by atoms with van der Waals surface area (Å²) in [5.41, 5.74) is 3.89. The molecule has 7 heteroatoms. The molecule has 1 unspecified atom stereocenters. The minimum Gasteiger partial charge on any atom is -0.507 e. The molecule has 4 rings (SSSR count). The summed E-state index contributed by atoms with van der Waals surface area (Å²) in [6.07, 6.45) is 0. The van der Waals surface area contributed by atoms with Crippen LogP contribution in [-0.2, 0) is 19.8 Å². The van der Waals surface area contributed by atoms with Crippen molar-refractivity contribution >= 4 is 34.7 Å². The van der Waals surface area contributed by atoms with Gasteiger partial charge in [0.25, 0.3) is 11.7 Å². The number of carbonyl (C=O) groups is 3. The zero-order valence-electron chi connectivity index (χ0n) is 22.5. The van der Waals surface area contributed by atoms with E-state index in [0.29, 0.717) is 28.3 Å². The minimum absolute atomic E-state index is 0.0200. The van der Waals surface area contributed by atoms with E-state index < -0.39 is 17.7 Å². The average molecular weight is 513 g/mol. The van der Waals surface area contributed by atoms with Gasteiger partial charge in [-0.15, -0.1) is 0 Å². The van der Waals surface area contributed by atoms with E-state index in [-0.39, 0.29) is 22.7 Å². The van der Waals surface area contributed by atoms with Gasteiger partial charge in [-0.2, -0.15) is 0 Å². The van der Waals surface area contributed by atoms with Gasteiger partial charge in [0.05, 0.1) is 24.3 Å². The lowest BCUT2D eigenvalue weighted by atomic mass is 9.85. The Labute approximate surface area is 222 Å². The number of aliphatic hydroxyl groups is 1. The maximum atomic E-state index is 13.5. The van der Waals surface area contributed by atoms with Gasteiger partial charge in [-0.1, -0.05) is 56.7 Å². The number of ether oxygens (including phenoxy) is 1. The van der Waals surface area contributed by atoms with Gasteiger partial charge in [0.2, 0.25) is 5.91 Å². The van der Waals surface area contributed by atoms with Crippen molar-refractivity contribution in [2.24, 2.45) is 0 Å². The Morgan fingerprint density at radius 2 is 1.61 bits per heavy atom. The summed E-state index contributed by atoms with van der Waals surface area (Å²) in [4.78, 5) is 39.8. The fourth-order valence-corrected chi connectivity index (χ4v) is 4.64. The third-order valence-electron chi connectivity index (χ3n) is 6.61. The van der Waals surface area contributed by atoms with Crippen molar-refractivity contribution in [1.29, 1.82) is 0 Å². The standard InChI is InChI=1S/C31H32N2O5/c1-18-7-16-25(38-6)24(17-18)28(35)26-27(20-8-10-21(11-9-20)31(3,4)5)33(30(37)29(26)36)23-14-12-22(13-15-23)32-19(2)34/h7-17,27,35H,1-6H3,(H,32,34)/b28-26+. The van der Waals surface area contributed by atoms with Crippen molar-refractivity contribution < 1.29 is 24.2 Å². The predicted octanol–water partition coefficient (Wildman–Crippen LogP) is 5.89. The number of Topliss-reactive ketones (excluding diaryl/α,β-unsaturated/α-hetero) is 1. The Balaban J connectivity index is 1.92.